The fourth-order valence-corrected chi connectivity index (χ4v) is 1.90. The molecule has 11 heavy (non-hydrogen) atoms. The number of allylic oxidation sites excluding steroid dienone is 2. The second kappa shape index (κ2) is 3.21. The smallest absolute Gasteiger partial charge is 0.0396 e. The zero-order valence-electron chi connectivity index (χ0n) is 6.97. The maximum absolute atomic E-state index is 4.51. The molecule has 0 N–H and O–H groups in total. The molecule has 0 aromatic carbocycles. The normalized spacial score (nSPS) is 24.7. The summed E-state index contributed by atoms with van der Waals surface area (Å²) in [6, 6.07) is 0. The van der Waals surface area contributed by atoms with E-state index in [9.17, 15) is 0 Å². The van der Waals surface area contributed by atoms with Crippen molar-refractivity contribution in [1.82, 2.24) is 0 Å². The average Bonchev–Trinajstić information content (AvgIpc) is 2.58. The summed E-state index contributed by atoms with van der Waals surface area (Å²) in [5.41, 5.74) is 2.98. The molecule has 1 heterocycles. The molecule has 1 aliphatic carbocycles. The SMILES string of the molecule is C1=C(C2=NCCC2)CCCC1. The van der Waals surface area contributed by atoms with Crippen molar-refractivity contribution in [3.05, 3.63) is 11.6 Å². The van der Waals surface area contributed by atoms with Crippen LogP contribution in [0.1, 0.15) is 38.5 Å². The molecular weight excluding hydrogens is 134 g/mol. The van der Waals surface area contributed by atoms with Gasteiger partial charge in [0.25, 0.3) is 0 Å². The molecule has 2 rings (SSSR count). The quantitative estimate of drug-likeness (QED) is 0.543. The monoisotopic (exact) mass is 149 g/mol. The highest BCUT2D eigenvalue weighted by Gasteiger charge is 2.12. The molecule has 0 amide bonds. The standard InChI is InChI=1S/C10H15N/c1-2-5-9(6-3-1)10-7-4-8-11-10/h5H,1-4,6-8H2. The molecule has 0 spiro atoms. The van der Waals surface area contributed by atoms with Crippen molar-refractivity contribution < 1.29 is 0 Å². The lowest BCUT2D eigenvalue weighted by molar-refractivity contribution is 0.716. The van der Waals surface area contributed by atoms with Gasteiger partial charge in [-0.15, -0.1) is 0 Å². The largest absolute Gasteiger partial charge is 0.289 e. The van der Waals surface area contributed by atoms with Crippen molar-refractivity contribution in [2.75, 3.05) is 6.54 Å². The molecule has 0 saturated carbocycles. The number of hydrogen-bond donors (Lipinski definition) is 0. The Morgan fingerprint density at radius 3 is 2.73 bits per heavy atom. The van der Waals surface area contributed by atoms with Crippen molar-refractivity contribution in [2.45, 2.75) is 38.5 Å². The zero-order valence-corrected chi connectivity index (χ0v) is 6.97. The maximum Gasteiger partial charge on any atom is 0.0396 e. The molecule has 2 aliphatic rings. The van der Waals surface area contributed by atoms with Crippen LogP contribution in [-0.4, -0.2) is 12.3 Å². The maximum atomic E-state index is 4.51. The van der Waals surface area contributed by atoms with Crippen molar-refractivity contribution in [3.8, 4) is 0 Å². The van der Waals surface area contributed by atoms with Crippen LogP contribution >= 0.6 is 0 Å². The van der Waals surface area contributed by atoms with E-state index in [0.29, 0.717) is 0 Å². The van der Waals surface area contributed by atoms with Crippen molar-refractivity contribution in [3.63, 3.8) is 0 Å². The summed E-state index contributed by atoms with van der Waals surface area (Å²) >= 11 is 0. The highest BCUT2D eigenvalue weighted by Crippen LogP contribution is 2.22. The Kier molecular flexibility index (Phi) is 2.06. The summed E-state index contributed by atoms with van der Waals surface area (Å²) in [6.45, 7) is 1.08. The Hall–Kier alpha value is -0.590. The average molecular weight is 149 g/mol. The van der Waals surface area contributed by atoms with Crippen LogP contribution < -0.4 is 0 Å². The number of rotatable bonds is 1. The van der Waals surface area contributed by atoms with Gasteiger partial charge in [-0.05, 0) is 44.1 Å². The molecule has 0 unspecified atom stereocenters. The highest BCUT2D eigenvalue weighted by molar-refractivity contribution is 6.01. The van der Waals surface area contributed by atoms with Crippen LogP contribution in [0.25, 0.3) is 0 Å². The van der Waals surface area contributed by atoms with Crippen LogP contribution in [0, 0.1) is 0 Å². The molecule has 0 aromatic rings. The molecule has 0 aromatic heterocycles. The molecule has 0 bridgehead atoms. The summed E-state index contributed by atoms with van der Waals surface area (Å²) < 4.78 is 0. The van der Waals surface area contributed by atoms with E-state index in [4.69, 9.17) is 0 Å². The Morgan fingerprint density at radius 1 is 1.09 bits per heavy atom. The summed E-state index contributed by atoms with van der Waals surface area (Å²) in [5, 5.41) is 0. The molecule has 60 valence electrons. The minimum atomic E-state index is 1.08. The number of hydrogen-bond acceptors (Lipinski definition) is 1. The first-order chi connectivity index (χ1) is 5.47. The lowest BCUT2D eigenvalue weighted by Gasteiger charge is -2.11. The van der Waals surface area contributed by atoms with E-state index in [1.807, 2.05) is 0 Å². The molecule has 0 saturated heterocycles. The molecular formula is C10H15N. The Morgan fingerprint density at radius 2 is 2.09 bits per heavy atom. The van der Waals surface area contributed by atoms with Crippen LogP contribution in [-0.2, 0) is 0 Å². The van der Waals surface area contributed by atoms with Crippen molar-refractivity contribution >= 4 is 5.71 Å². The molecule has 0 fully saturated rings. The summed E-state index contributed by atoms with van der Waals surface area (Å²) in [4.78, 5) is 4.51. The molecule has 0 radical (unpaired) electrons. The zero-order chi connectivity index (χ0) is 7.52. The van der Waals surface area contributed by atoms with Gasteiger partial charge in [-0.3, -0.25) is 4.99 Å². The highest BCUT2D eigenvalue weighted by atomic mass is 14.8. The van der Waals surface area contributed by atoms with Gasteiger partial charge in [0.2, 0.25) is 0 Å². The topological polar surface area (TPSA) is 12.4 Å². The van der Waals surface area contributed by atoms with Gasteiger partial charge in [0.05, 0.1) is 0 Å². The predicted molar refractivity (Wildman–Crippen MR) is 48.1 cm³/mol. The van der Waals surface area contributed by atoms with E-state index < -0.39 is 0 Å². The fraction of sp³-hybridized carbons (Fsp3) is 0.700. The van der Waals surface area contributed by atoms with Crippen LogP contribution in [0.3, 0.4) is 0 Å². The van der Waals surface area contributed by atoms with Crippen molar-refractivity contribution in [2.24, 2.45) is 4.99 Å². The van der Waals surface area contributed by atoms with E-state index in [-0.39, 0.29) is 0 Å². The van der Waals surface area contributed by atoms with Gasteiger partial charge in [0.15, 0.2) is 0 Å². The first kappa shape index (κ1) is 7.08. The van der Waals surface area contributed by atoms with Gasteiger partial charge in [-0.2, -0.15) is 0 Å². The number of nitrogens with zero attached hydrogens (tertiary/aromatic N) is 1. The minimum absolute atomic E-state index is 1.08. The number of aliphatic imine (C=N–C) groups is 1. The molecule has 1 aliphatic heterocycles. The second-order valence-electron chi connectivity index (χ2n) is 3.41. The van der Waals surface area contributed by atoms with Gasteiger partial charge in [0, 0.05) is 12.3 Å². The predicted octanol–water partition coefficient (Wildman–Crippen LogP) is 2.72. The van der Waals surface area contributed by atoms with E-state index in [0.717, 1.165) is 6.54 Å². The molecule has 1 nitrogen and oxygen atoms in total. The lowest BCUT2D eigenvalue weighted by Crippen LogP contribution is -2.02. The Balaban J connectivity index is 2.07. The van der Waals surface area contributed by atoms with E-state index >= 15 is 0 Å². The second-order valence-corrected chi connectivity index (χ2v) is 3.41. The summed E-state index contributed by atoms with van der Waals surface area (Å²) in [5.74, 6) is 0. The molecule has 0 atom stereocenters. The third kappa shape index (κ3) is 1.52. The van der Waals surface area contributed by atoms with Crippen LogP contribution in [0.4, 0.5) is 0 Å². The van der Waals surface area contributed by atoms with Gasteiger partial charge < -0.3 is 0 Å². The third-order valence-electron chi connectivity index (χ3n) is 2.54. The van der Waals surface area contributed by atoms with Crippen LogP contribution in [0.15, 0.2) is 16.6 Å². The van der Waals surface area contributed by atoms with Gasteiger partial charge >= 0.3 is 0 Å². The van der Waals surface area contributed by atoms with Gasteiger partial charge in [-0.1, -0.05) is 6.08 Å². The van der Waals surface area contributed by atoms with E-state index in [1.54, 1.807) is 5.57 Å². The third-order valence-corrected chi connectivity index (χ3v) is 2.54. The minimum Gasteiger partial charge on any atom is -0.289 e. The summed E-state index contributed by atoms with van der Waals surface area (Å²) in [7, 11) is 0. The fourth-order valence-electron chi connectivity index (χ4n) is 1.90. The molecule has 1 heteroatoms. The van der Waals surface area contributed by atoms with Crippen LogP contribution in [0.5, 0.6) is 0 Å². The van der Waals surface area contributed by atoms with Crippen LogP contribution in [0.2, 0.25) is 0 Å². The van der Waals surface area contributed by atoms with Gasteiger partial charge in [-0.25, -0.2) is 0 Å². The Bertz CT molecular complexity index is 201. The van der Waals surface area contributed by atoms with E-state index in [1.165, 1.54) is 44.2 Å². The Labute approximate surface area is 68.2 Å². The first-order valence-corrected chi connectivity index (χ1v) is 4.69. The van der Waals surface area contributed by atoms with Gasteiger partial charge in [0.1, 0.15) is 0 Å². The van der Waals surface area contributed by atoms with Crippen molar-refractivity contribution in [1.29, 1.82) is 0 Å². The van der Waals surface area contributed by atoms with E-state index in [2.05, 4.69) is 11.1 Å². The lowest BCUT2D eigenvalue weighted by atomic mass is 9.95. The summed E-state index contributed by atoms with van der Waals surface area (Å²) in [6.07, 6.45) is 10.3. The first-order valence-electron chi connectivity index (χ1n) is 4.69.